The molecular formula is C24H32FN3O4S. The first-order valence-electron chi connectivity index (χ1n) is 11.1. The van der Waals surface area contributed by atoms with Gasteiger partial charge in [0, 0.05) is 51.1 Å². The van der Waals surface area contributed by atoms with Gasteiger partial charge in [0.2, 0.25) is 15.9 Å². The highest BCUT2D eigenvalue weighted by molar-refractivity contribution is 7.89. The molecule has 9 heteroatoms. The number of rotatable bonds is 9. The van der Waals surface area contributed by atoms with Crippen LogP contribution in [0.25, 0.3) is 0 Å². The van der Waals surface area contributed by atoms with Crippen LogP contribution in [0.15, 0.2) is 47.4 Å². The van der Waals surface area contributed by atoms with Crippen LogP contribution in [0.1, 0.15) is 32.3 Å². The number of nitrogens with one attached hydrogen (secondary N) is 1. The van der Waals surface area contributed by atoms with Crippen LogP contribution in [0.3, 0.4) is 0 Å². The van der Waals surface area contributed by atoms with E-state index in [-0.39, 0.29) is 35.9 Å². The summed E-state index contributed by atoms with van der Waals surface area (Å²) in [6.07, 6.45) is 1.46. The fourth-order valence-corrected chi connectivity index (χ4v) is 5.17. The molecule has 3 rings (SSSR count). The van der Waals surface area contributed by atoms with Crippen molar-refractivity contribution in [2.24, 2.45) is 5.92 Å². The summed E-state index contributed by atoms with van der Waals surface area (Å²) in [4.78, 5) is 14.1. The minimum atomic E-state index is -3.91. The Morgan fingerprint density at radius 1 is 1.18 bits per heavy atom. The predicted octanol–water partition coefficient (Wildman–Crippen LogP) is 3.86. The van der Waals surface area contributed by atoms with Gasteiger partial charge >= 0.3 is 0 Å². The van der Waals surface area contributed by atoms with Crippen LogP contribution in [-0.2, 0) is 26.1 Å². The zero-order valence-electron chi connectivity index (χ0n) is 19.5. The van der Waals surface area contributed by atoms with Crippen LogP contribution in [0.5, 0.6) is 0 Å². The van der Waals surface area contributed by atoms with Crippen molar-refractivity contribution in [2.45, 2.75) is 44.2 Å². The first-order chi connectivity index (χ1) is 15.6. The van der Waals surface area contributed by atoms with Crippen LogP contribution < -0.4 is 10.2 Å². The Labute approximate surface area is 195 Å². The Bertz CT molecular complexity index is 1070. The third-order valence-corrected chi connectivity index (χ3v) is 7.41. The van der Waals surface area contributed by atoms with E-state index in [1.165, 1.54) is 16.4 Å². The highest BCUT2D eigenvalue weighted by Crippen LogP contribution is 2.28. The molecule has 1 aliphatic rings. The van der Waals surface area contributed by atoms with Gasteiger partial charge in [0.1, 0.15) is 5.82 Å². The van der Waals surface area contributed by atoms with Gasteiger partial charge in [-0.15, -0.1) is 0 Å². The number of anilines is 2. The van der Waals surface area contributed by atoms with E-state index in [1.54, 1.807) is 12.1 Å². The third-order valence-electron chi connectivity index (χ3n) is 5.58. The first kappa shape index (κ1) is 25.1. The highest BCUT2D eigenvalue weighted by Gasteiger charge is 2.30. The molecule has 1 aliphatic heterocycles. The fraction of sp³-hybridized carbons (Fsp3) is 0.458. The molecule has 2 aromatic carbocycles. The number of halogens is 1. The second-order valence-corrected chi connectivity index (χ2v) is 10.7. The second-order valence-electron chi connectivity index (χ2n) is 8.77. The molecule has 0 saturated carbocycles. The molecule has 0 bridgehead atoms. The van der Waals surface area contributed by atoms with Crippen molar-refractivity contribution in [2.75, 3.05) is 37.5 Å². The maximum atomic E-state index is 13.5. The van der Waals surface area contributed by atoms with Gasteiger partial charge < -0.3 is 15.0 Å². The van der Waals surface area contributed by atoms with Crippen LogP contribution in [0, 0.1) is 11.7 Å². The predicted molar refractivity (Wildman–Crippen MR) is 127 cm³/mol. The number of ether oxygens (including phenoxy) is 1. The Balaban J connectivity index is 1.98. The maximum absolute atomic E-state index is 13.5. The summed E-state index contributed by atoms with van der Waals surface area (Å²) >= 11 is 0. The van der Waals surface area contributed by atoms with Gasteiger partial charge in [0.15, 0.2) is 0 Å². The first-order valence-corrected chi connectivity index (χ1v) is 12.5. The molecule has 33 heavy (non-hydrogen) atoms. The van der Waals surface area contributed by atoms with Gasteiger partial charge in [-0.2, -0.15) is 4.31 Å². The van der Waals surface area contributed by atoms with E-state index in [9.17, 15) is 17.6 Å². The normalized spacial score (nSPS) is 16.4. The van der Waals surface area contributed by atoms with Crippen molar-refractivity contribution in [3.8, 4) is 0 Å². The van der Waals surface area contributed by atoms with Crippen molar-refractivity contribution in [3.63, 3.8) is 0 Å². The number of hydrogen-bond acceptors (Lipinski definition) is 5. The van der Waals surface area contributed by atoms with E-state index in [2.05, 4.69) is 5.32 Å². The van der Waals surface area contributed by atoms with Crippen molar-refractivity contribution >= 4 is 27.3 Å². The van der Waals surface area contributed by atoms with E-state index >= 15 is 0 Å². The van der Waals surface area contributed by atoms with Crippen LogP contribution in [-0.4, -0.2) is 52.0 Å². The molecule has 1 amide bonds. The summed E-state index contributed by atoms with van der Waals surface area (Å²) in [5.74, 6) is -0.798. The van der Waals surface area contributed by atoms with Crippen LogP contribution >= 0.6 is 0 Å². The maximum Gasteiger partial charge on any atom is 0.243 e. The zero-order chi connectivity index (χ0) is 24.2. The van der Waals surface area contributed by atoms with Gasteiger partial charge in [-0.05, 0) is 60.9 Å². The van der Waals surface area contributed by atoms with E-state index < -0.39 is 15.8 Å². The van der Waals surface area contributed by atoms with E-state index in [4.69, 9.17) is 4.74 Å². The van der Waals surface area contributed by atoms with Gasteiger partial charge in [-0.1, -0.05) is 13.8 Å². The molecule has 7 nitrogen and oxygen atoms in total. The molecule has 0 spiro atoms. The summed E-state index contributed by atoms with van der Waals surface area (Å²) < 4.78 is 47.6. The van der Waals surface area contributed by atoms with Crippen molar-refractivity contribution in [1.29, 1.82) is 0 Å². The van der Waals surface area contributed by atoms with Crippen molar-refractivity contribution < 1.29 is 22.3 Å². The summed E-state index contributed by atoms with van der Waals surface area (Å²) in [6.45, 7) is 4.49. The number of amides is 1. The summed E-state index contributed by atoms with van der Waals surface area (Å²) in [5, 5.41) is 2.88. The van der Waals surface area contributed by atoms with Gasteiger partial charge in [0.25, 0.3) is 0 Å². The smallest absolute Gasteiger partial charge is 0.243 e. The van der Waals surface area contributed by atoms with Gasteiger partial charge in [0.05, 0.1) is 11.0 Å². The highest BCUT2D eigenvalue weighted by atomic mass is 32.2. The lowest BCUT2D eigenvalue weighted by Crippen LogP contribution is -2.37. The Kier molecular flexibility index (Phi) is 8.10. The molecule has 1 heterocycles. The van der Waals surface area contributed by atoms with Gasteiger partial charge in [-0.25, -0.2) is 12.8 Å². The molecule has 180 valence electrons. The molecular weight excluding hydrogens is 445 g/mol. The molecule has 1 atom stereocenters. The lowest BCUT2D eigenvalue weighted by atomic mass is 10.1. The molecule has 2 aromatic rings. The molecule has 1 fully saturated rings. The lowest BCUT2D eigenvalue weighted by Gasteiger charge is -2.27. The minimum Gasteiger partial charge on any atom is -0.377 e. The van der Waals surface area contributed by atoms with Crippen molar-refractivity contribution in [1.82, 2.24) is 4.31 Å². The Morgan fingerprint density at radius 3 is 2.45 bits per heavy atom. The average molecular weight is 478 g/mol. The van der Waals surface area contributed by atoms with Crippen LogP contribution in [0.2, 0.25) is 0 Å². The summed E-state index contributed by atoms with van der Waals surface area (Å²) in [5.41, 5.74) is 2.18. The summed E-state index contributed by atoms with van der Waals surface area (Å²) in [6, 6.07) is 10.3. The monoisotopic (exact) mass is 477 g/mol. The topological polar surface area (TPSA) is 79.0 Å². The van der Waals surface area contributed by atoms with E-state index in [0.29, 0.717) is 12.3 Å². The number of carbonyl (C=O) groups excluding carboxylic acids is 1. The summed E-state index contributed by atoms with van der Waals surface area (Å²) in [7, 11) is -0.156. The quantitative estimate of drug-likeness (QED) is 0.593. The molecule has 0 radical (unpaired) electrons. The lowest BCUT2D eigenvalue weighted by molar-refractivity contribution is -0.118. The number of hydrogen-bond donors (Lipinski definition) is 1. The molecule has 0 unspecified atom stereocenters. The number of nitrogens with zero attached hydrogens (tertiary/aromatic N) is 2. The standard InChI is InChI=1S/C24H32FN3O4S/c1-17(2)24(29)26-20-9-12-23(27(3)4)18(14-20)15-28(16-21-6-5-13-32-21)33(30,31)22-10-7-19(25)8-11-22/h7-12,14,17,21H,5-6,13,15-16H2,1-4H3,(H,26,29)/t21-/m0/s1. The molecule has 0 aromatic heterocycles. The largest absolute Gasteiger partial charge is 0.377 e. The average Bonchev–Trinajstić information content (AvgIpc) is 3.26. The second kappa shape index (κ2) is 10.6. The minimum absolute atomic E-state index is 0.0255. The molecule has 1 saturated heterocycles. The van der Waals surface area contributed by atoms with Crippen molar-refractivity contribution in [3.05, 3.63) is 53.8 Å². The Morgan fingerprint density at radius 2 is 1.88 bits per heavy atom. The fourth-order valence-electron chi connectivity index (χ4n) is 3.72. The molecule has 0 aliphatic carbocycles. The van der Waals surface area contributed by atoms with E-state index in [1.807, 2.05) is 38.9 Å². The number of sulfonamides is 1. The Hall–Kier alpha value is -2.49. The SMILES string of the molecule is CC(C)C(=O)Nc1ccc(N(C)C)c(CN(C[C@@H]2CCCO2)S(=O)(=O)c2ccc(F)cc2)c1. The zero-order valence-corrected chi connectivity index (χ0v) is 20.4. The third kappa shape index (κ3) is 6.31. The number of benzene rings is 2. The van der Waals surface area contributed by atoms with Crippen LogP contribution in [0.4, 0.5) is 15.8 Å². The number of carbonyl (C=O) groups is 1. The van der Waals surface area contributed by atoms with Gasteiger partial charge in [-0.3, -0.25) is 4.79 Å². The van der Waals surface area contributed by atoms with E-state index in [0.717, 1.165) is 36.2 Å². The molecule has 1 N–H and O–H groups in total.